The molecule has 4 aromatic rings. The van der Waals surface area contributed by atoms with Gasteiger partial charge in [0.2, 0.25) is 0 Å². The average molecular weight is 404 g/mol. The summed E-state index contributed by atoms with van der Waals surface area (Å²) in [4.78, 5) is 12.3. The summed E-state index contributed by atoms with van der Waals surface area (Å²) in [7, 11) is 0. The Balaban J connectivity index is 1.25. The maximum Gasteiger partial charge on any atom is 0.271 e. The number of fused-ring (bicyclic) bond motifs is 1. The molecule has 0 saturated heterocycles. The Kier molecular flexibility index (Phi) is 5.74. The van der Waals surface area contributed by atoms with Crippen LogP contribution < -0.4 is 10.1 Å². The molecule has 0 bridgehead atoms. The third kappa shape index (κ3) is 4.48. The largest absolute Gasteiger partial charge is 0.471 e. The fraction of sp³-hybridized carbons (Fsp3) is 0.273. The van der Waals surface area contributed by atoms with Gasteiger partial charge in [-0.05, 0) is 55.7 Å². The second-order valence-electron chi connectivity index (χ2n) is 7.19. The van der Waals surface area contributed by atoms with E-state index in [1.165, 1.54) is 0 Å². The number of carbonyl (C=O) groups excluding carboxylic acids is 1. The van der Waals surface area contributed by atoms with Crippen molar-refractivity contribution in [1.29, 1.82) is 0 Å². The lowest BCUT2D eigenvalue weighted by Crippen LogP contribution is -2.25. The van der Waals surface area contributed by atoms with Crippen LogP contribution in [0.4, 0.5) is 0 Å². The van der Waals surface area contributed by atoms with Crippen molar-refractivity contribution in [3.8, 4) is 5.75 Å². The molecular weight excluding hydrogens is 380 g/mol. The molecule has 1 amide bonds. The maximum absolute atomic E-state index is 12.3. The van der Waals surface area contributed by atoms with E-state index in [-0.39, 0.29) is 12.6 Å². The summed E-state index contributed by atoms with van der Waals surface area (Å²) in [5.74, 6) is 1.50. The molecular formula is C22H24N6O2. The lowest BCUT2D eigenvalue weighted by atomic mass is 10.1. The summed E-state index contributed by atoms with van der Waals surface area (Å²) in [5, 5.41) is 15.5. The molecule has 30 heavy (non-hydrogen) atoms. The lowest BCUT2D eigenvalue weighted by molar-refractivity contribution is 0.0946. The molecule has 3 aromatic heterocycles. The Hall–Kier alpha value is -3.68. The zero-order valence-corrected chi connectivity index (χ0v) is 17.1. The second kappa shape index (κ2) is 8.77. The summed E-state index contributed by atoms with van der Waals surface area (Å²) in [5.41, 5.74) is 3.39. The van der Waals surface area contributed by atoms with Gasteiger partial charge in [0.25, 0.3) is 5.91 Å². The molecule has 4 rings (SSSR count). The van der Waals surface area contributed by atoms with E-state index in [9.17, 15) is 4.79 Å². The fourth-order valence-electron chi connectivity index (χ4n) is 3.15. The Labute approximate surface area is 174 Å². The molecule has 1 N–H and O–H groups in total. The molecule has 0 aliphatic carbocycles. The number of nitrogens with one attached hydrogen (secondary N) is 1. The number of hydrogen-bond acceptors (Lipinski definition) is 5. The van der Waals surface area contributed by atoms with Crippen LogP contribution in [0.3, 0.4) is 0 Å². The summed E-state index contributed by atoms with van der Waals surface area (Å²) >= 11 is 0. The van der Waals surface area contributed by atoms with E-state index in [1.807, 2.05) is 60.8 Å². The predicted octanol–water partition coefficient (Wildman–Crippen LogP) is 2.94. The summed E-state index contributed by atoms with van der Waals surface area (Å²) < 4.78 is 9.39. The topological polar surface area (TPSA) is 86.3 Å². The molecule has 0 aliphatic rings. The summed E-state index contributed by atoms with van der Waals surface area (Å²) in [6.07, 6.45) is 5.17. The van der Waals surface area contributed by atoms with Crippen LogP contribution in [0.25, 0.3) is 5.65 Å². The summed E-state index contributed by atoms with van der Waals surface area (Å²) in [6, 6.07) is 13.5. The van der Waals surface area contributed by atoms with Gasteiger partial charge in [0.15, 0.2) is 12.4 Å². The van der Waals surface area contributed by atoms with Crippen LogP contribution in [0.15, 0.2) is 54.9 Å². The number of aromatic nitrogens is 5. The van der Waals surface area contributed by atoms with Crippen LogP contribution in [-0.2, 0) is 13.2 Å². The van der Waals surface area contributed by atoms with E-state index < -0.39 is 0 Å². The predicted molar refractivity (Wildman–Crippen MR) is 112 cm³/mol. The van der Waals surface area contributed by atoms with Crippen molar-refractivity contribution in [3.05, 3.63) is 77.5 Å². The highest BCUT2D eigenvalue weighted by atomic mass is 16.5. The van der Waals surface area contributed by atoms with Gasteiger partial charge in [0.05, 0.1) is 0 Å². The van der Waals surface area contributed by atoms with Crippen LogP contribution in [-0.4, -0.2) is 36.8 Å². The average Bonchev–Trinajstić information content (AvgIpc) is 3.39. The number of rotatable bonds is 8. The highest BCUT2D eigenvalue weighted by Crippen LogP contribution is 2.19. The van der Waals surface area contributed by atoms with Gasteiger partial charge in [-0.15, -0.1) is 10.2 Å². The van der Waals surface area contributed by atoms with Gasteiger partial charge in [-0.25, -0.2) is 4.68 Å². The first kappa shape index (κ1) is 19.6. The Morgan fingerprint density at radius 2 is 2.00 bits per heavy atom. The Bertz CT molecular complexity index is 1160. The smallest absolute Gasteiger partial charge is 0.271 e. The van der Waals surface area contributed by atoms with Crippen molar-refractivity contribution in [1.82, 2.24) is 29.7 Å². The maximum atomic E-state index is 12.3. The summed E-state index contributed by atoms with van der Waals surface area (Å²) in [6.45, 7) is 4.80. The third-order valence-corrected chi connectivity index (χ3v) is 4.82. The molecule has 3 heterocycles. The molecule has 0 unspecified atom stereocenters. The van der Waals surface area contributed by atoms with Crippen LogP contribution in [0.2, 0.25) is 0 Å². The molecule has 8 heteroatoms. The highest BCUT2D eigenvalue weighted by molar-refractivity contribution is 5.92. The van der Waals surface area contributed by atoms with Crippen LogP contribution in [0.1, 0.15) is 33.9 Å². The molecule has 0 fully saturated rings. The van der Waals surface area contributed by atoms with E-state index >= 15 is 0 Å². The number of nitrogens with zero attached hydrogens (tertiary/aromatic N) is 5. The minimum atomic E-state index is -0.202. The van der Waals surface area contributed by atoms with Crippen LogP contribution in [0.5, 0.6) is 5.75 Å². The van der Waals surface area contributed by atoms with Gasteiger partial charge >= 0.3 is 0 Å². The first-order valence-corrected chi connectivity index (χ1v) is 9.90. The molecule has 0 saturated carbocycles. The Morgan fingerprint density at radius 3 is 2.90 bits per heavy atom. The zero-order chi connectivity index (χ0) is 20.9. The molecule has 0 radical (unpaired) electrons. The van der Waals surface area contributed by atoms with Crippen molar-refractivity contribution in [3.63, 3.8) is 0 Å². The normalized spacial score (nSPS) is 11.0. The highest BCUT2D eigenvalue weighted by Gasteiger charge is 2.10. The van der Waals surface area contributed by atoms with Crippen LogP contribution >= 0.6 is 0 Å². The zero-order valence-electron chi connectivity index (χ0n) is 17.1. The van der Waals surface area contributed by atoms with E-state index in [2.05, 4.69) is 20.6 Å². The number of amides is 1. The monoisotopic (exact) mass is 404 g/mol. The number of carbonyl (C=O) groups is 1. The minimum Gasteiger partial charge on any atom is -0.471 e. The van der Waals surface area contributed by atoms with E-state index in [0.717, 1.165) is 41.2 Å². The van der Waals surface area contributed by atoms with Gasteiger partial charge in [0.1, 0.15) is 17.3 Å². The second-order valence-corrected chi connectivity index (χ2v) is 7.19. The van der Waals surface area contributed by atoms with Gasteiger partial charge in [-0.1, -0.05) is 18.2 Å². The van der Waals surface area contributed by atoms with Crippen molar-refractivity contribution in [2.45, 2.75) is 33.4 Å². The van der Waals surface area contributed by atoms with E-state index in [0.29, 0.717) is 12.2 Å². The number of benzene rings is 1. The lowest BCUT2D eigenvalue weighted by Gasteiger charge is -2.09. The number of hydrogen-bond donors (Lipinski definition) is 1. The van der Waals surface area contributed by atoms with E-state index in [1.54, 1.807) is 16.9 Å². The van der Waals surface area contributed by atoms with Crippen LogP contribution in [0, 0.1) is 13.8 Å². The van der Waals surface area contributed by atoms with Gasteiger partial charge < -0.3 is 10.1 Å². The quantitative estimate of drug-likeness (QED) is 0.456. The molecule has 0 spiro atoms. The molecule has 1 aromatic carbocycles. The molecule has 8 nitrogen and oxygen atoms in total. The first-order chi connectivity index (χ1) is 14.6. The molecule has 0 atom stereocenters. The number of pyridine rings is 1. The third-order valence-electron chi connectivity index (χ3n) is 4.82. The SMILES string of the molecule is Cc1ccc(C)c(OCn2ccc(C(=O)NCCCc3nnc4ccccn34)n2)c1. The molecule has 0 aliphatic heterocycles. The number of aryl methyl sites for hydroxylation is 3. The van der Waals surface area contributed by atoms with Crippen molar-refractivity contribution in [2.24, 2.45) is 0 Å². The minimum absolute atomic E-state index is 0.202. The van der Waals surface area contributed by atoms with Crippen molar-refractivity contribution in [2.75, 3.05) is 6.54 Å². The van der Waals surface area contributed by atoms with Gasteiger partial charge in [-0.3, -0.25) is 9.20 Å². The number of ether oxygens (including phenoxy) is 1. The standard InChI is InChI=1S/C22H24N6O2/c1-16-8-9-17(2)19(14-16)30-15-27-13-10-18(26-27)22(29)23-11-5-7-21-25-24-20-6-3-4-12-28(20)21/h3-4,6,8-10,12-14H,5,7,11,15H2,1-2H3,(H,23,29). The van der Waals surface area contributed by atoms with Gasteiger partial charge in [0, 0.05) is 25.4 Å². The molecule has 154 valence electrons. The van der Waals surface area contributed by atoms with Crippen molar-refractivity contribution >= 4 is 11.6 Å². The Morgan fingerprint density at radius 1 is 1.10 bits per heavy atom. The fourth-order valence-corrected chi connectivity index (χ4v) is 3.15. The van der Waals surface area contributed by atoms with Gasteiger partial charge in [-0.2, -0.15) is 5.10 Å². The van der Waals surface area contributed by atoms with E-state index in [4.69, 9.17) is 4.74 Å². The van der Waals surface area contributed by atoms with Crippen molar-refractivity contribution < 1.29 is 9.53 Å². The first-order valence-electron chi connectivity index (χ1n) is 9.90.